The van der Waals surface area contributed by atoms with Crippen LogP contribution in [0.3, 0.4) is 0 Å². The van der Waals surface area contributed by atoms with Crippen molar-refractivity contribution in [2.45, 2.75) is 45.1 Å². The fourth-order valence-electron chi connectivity index (χ4n) is 2.41. The number of hydrogen-bond donors (Lipinski definition) is 1. The van der Waals surface area contributed by atoms with Crippen molar-refractivity contribution in [1.82, 2.24) is 5.32 Å². The second kappa shape index (κ2) is 7.01. The van der Waals surface area contributed by atoms with Crippen LogP contribution >= 0.6 is 11.6 Å². The zero-order valence-corrected chi connectivity index (χ0v) is 11.8. The predicted molar refractivity (Wildman–Crippen MR) is 76.6 cm³/mol. The molecule has 1 aromatic rings. The van der Waals surface area contributed by atoms with E-state index in [1.54, 1.807) is 0 Å². The third kappa shape index (κ3) is 4.18. The van der Waals surface area contributed by atoms with Crippen LogP contribution in [0.4, 0.5) is 0 Å². The average molecular weight is 268 g/mol. The number of halogens is 1. The Hall–Kier alpha value is -0.730. The van der Waals surface area contributed by atoms with E-state index in [2.05, 4.69) is 5.32 Å². The Balaban J connectivity index is 1.62. The van der Waals surface area contributed by atoms with Gasteiger partial charge in [-0.3, -0.25) is 0 Å². The molecule has 100 valence electrons. The van der Waals surface area contributed by atoms with Crippen LogP contribution in [0.5, 0.6) is 5.75 Å². The molecule has 1 N–H and O–H groups in total. The van der Waals surface area contributed by atoms with Crippen molar-refractivity contribution in [3.05, 3.63) is 28.8 Å². The number of benzene rings is 1. The van der Waals surface area contributed by atoms with Crippen LogP contribution in [0.1, 0.15) is 37.7 Å². The standard InChI is InChI=1S/C15H22ClNO/c1-12-7-8-15(14(16)11-12)18-10-4-9-17-13-5-2-3-6-13/h7-8,11,13,17H,2-6,9-10H2,1H3. The first-order valence-corrected chi connectivity index (χ1v) is 7.26. The van der Waals surface area contributed by atoms with E-state index in [4.69, 9.17) is 16.3 Å². The van der Waals surface area contributed by atoms with Crippen molar-refractivity contribution in [2.75, 3.05) is 13.2 Å². The van der Waals surface area contributed by atoms with Crippen molar-refractivity contribution in [2.24, 2.45) is 0 Å². The summed E-state index contributed by atoms with van der Waals surface area (Å²) in [6.45, 7) is 3.79. The van der Waals surface area contributed by atoms with E-state index in [0.29, 0.717) is 5.02 Å². The van der Waals surface area contributed by atoms with Gasteiger partial charge in [0.05, 0.1) is 11.6 Å². The van der Waals surface area contributed by atoms with Gasteiger partial charge in [-0.1, -0.05) is 30.5 Å². The minimum absolute atomic E-state index is 0.707. The maximum Gasteiger partial charge on any atom is 0.137 e. The van der Waals surface area contributed by atoms with Gasteiger partial charge in [-0.05, 0) is 50.4 Å². The van der Waals surface area contributed by atoms with E-state index in [1.165, 1.54) is 25.7 Å². The van der Waals surface area contributed by atoms with Gasteiger partial charge in [-0.25, -0.2) is 0 Å². The molecule has 18 heavy (non-hydrogen) atoms. The van der Waals surface area contributed by atoms with Gasteiger partial charge in [0.1, 0.15) is 5.75 Å². The molecular formula is C15H22ClNO. The van der Waals surface area contributed by atoms with Gasteiger partial charge in [0.2, 0.25) is 0 Å². The lowest BCUT2D eigenvalue weighted by molar-refractivity contribution is 0.305. The van der Waals surface area contributed by atoms with Gasteiger partial charge in [0.25, 0.3) is 0 Å². The maximum absolute atomic E-state index is 6.11. The minimum Gasteiger partial charge on any atom is -0.492 e. The zero-order chi connectivity index (χ0) is 12.8. The first-order chi connectivity index (χ1) is 8.75. The first kappa shape index (κ1) is 13.7. The van der Waals surface area contributed by atoms with E-state index in [-0.39, 0.29) is 0 Å². The number of rotatable bonds is 6. The largest absolute Gasteiger partial charge is 0.492 e. The first-order valence-electron chi connectivity index (χ1n) is 6.88. The number of aryl methyl sites for hydroxylation is 1. The third-order valence-corrected chi connectivity index (χ3v) is 3.75. The molecule has 0 atom stereocenters. The quantitative estimate of drug-likeness (QED) is 0.788. The Labute approximate surface area is 115 Å². The molecular weight excluding hydrogens is 246 g/mol. The van der Waals surface area contributed by atoms with Crippen molar-refractivity contribution in [3.63, 3.8) is 0 Å². The summed E-state index contributed by atoms with van der Waals surface area (Å²) in [5.74, 6) is 0.795. The van der Waals surface area contributed by atoms with Crippen LogP contribution in [-0.2, 0) is 0 Å². The Morgan fingerprint density at radius 3 is 2.83 bits per heavy atom. The number of ether oxygens (including phenoxy) is 1. The molecule has 2 rings (SSSR count). The van der Waals surface area contributed by atoms with Crippen LogP contribution < -0.4 is 10.1 Å². The predicted octanol–water partition coefficient (Wildman–Crippen LogP) is 3.95. The summed E-state index contributed by atoms with van der Waals surface area (Å²) in [6.07, 6.45) is 6.47. The Bertz CT molecular complexity index is 375. The van der Waals surface area contributed by atoms with Crippen LogP contribution in [0.2, 0.25) is 5.02 Å². The lowest BCUT2D eigenvalue weighted by atomic mass is 10.2. The fourth-order valence-corrected chi connectivity index (χ4v) is 2.70. The van der Waals surface area contributed by atoms with Crippen LogP contribution in [0.15, 0.2) is 18.2 Å². The van der Waals surface area contributed by atoms with E-state index >= 15 is 0 Å². The summed E-state index contributed by atoms with van der Waals surface area (Å²) in [5, 5.41) is 4.29. The highest BCUT2D eigenvalue weighted by molar-refractivity contribution is 6.32. The molecule has 1 saturated carbocycles. The van der Waals surface area contributed by atoms with Crippen LogP contribution in [0.25, 0.3) is 0 Å². The fraction of sp³-hybridized carbons (Fsp3) is 0.600. The third-order valence-electron chi connectivity index (χ3n) is 3.45. The van der Waals surface area contributed by atoms with Crippen molar-refractivity contribution >= 4 is 11.6 Å². The molecule has 0 saturated heterocycles. The minimum atomic E-state index is 0.707. The molecule has 0 spiro atoms. The Morgan fingerprint density at radius 2 is 2.11 bits per heavy atom. The van der Waals surface area contributed by atoms with Gasteiger partial charge in [0, 0.05) is 6.04 Å². The topological polar surface area (TPSA) is 21.3 Å². The SMILES string of the molecule is Cc1ccc(OCCCNC2CCCC2)c(Cl)c1. The lowest BCUT2D eigenvalue weighted by Gasteiger charge is -2.12. The molecule has 0 radical (unpaired) electrons. The average Bonchev–Trinajstić information content (AvgIpc) is 2.84. The molecule has 0 bridgehead atoms. The summed E-state index contributed by atoms with van der Waals surface area (Å²) >= 11 is 6.11. The maximum atomic E-state index is 6.11. The molecule has 0 aromatic heterocycles. The van der Waals surface area contributed by atoms with Crippen LogP contribution in [-0.4, -0.2) is 19.2 Å². The van der Waals surface area contributed by atoms with Crippen LogP contribution in [0, 0.1) is 6.92 Å². The van der Waals surface area contributed by atoms with Crippen molar-refractivity contribution in [1.29, 1.82) is 0 Å². The van der Waals surface area contributed by atoms with Gasteiger partial charge in [-0.2, -0.15) is 0 Å². The van der Waals surface area contributed by atoms with Gasteiger partial charge < -0.3 is 10.1 Å². The Morgan fingerprint density at radius 1 is 1.33 bits per heavy atom. The highest BCUT2D eigenvalue weighted by atomic mass is 35.5. The molecule has 1 aromatic carbocycles. The summed E-state index contributed by atoms with van der Waals surface area (Å²) in [7, 11) is 0. The van der Waals surface area contributed by atoms with Crippen molar-refractivity contribution < 1.29 is 4.74 Å². The van der Waals surface area contributed by atoms with E-state index in [1.807, 2.05) is 25.1 Å². The zero-order valence-electron chi connectivity index (χ0n) is 11.0. The normalized spacial score (nSPS) is 16.1. The number of hydrogen-bond acceptors (Lipinski definition) is 2. The van der Waals surface area contributed by atoms with E-state index in [0.717, 1.165) is 36.9 Å². The molecule has 0 unspecified atom stereocenters. The van der Waals surface area contributed by atoms with Crippen molar-refractivity contribution in [3.8, 4) is 5.75 Å². The molecule has 0 heterocycles. The highest BCUT2D eigenvalue weighted by Crippen LogP contribution is 2.25. The second-order valence-corrected chi connectivity index (χ2v) is 5.48. The van der Waals surface area contributed by atoms with Gasteiger partial charge >= 0.3 is 0 Å². The molecule has 3 heteroatoms. The summed E-state index contributed by atoms with van der Waals surface area (Å²) in [6, 6.07) is 6.65. The van der Waals surface area contributed by atoms with E-state index < -0.39 is 0 Å². The molecule has 1 fully saturated rings. The van der Waals surface area contributed by atoms with Gasteiger partial charge in [-0.15, -0.1) is 0 Å². The molecule has 2 nitrogen and oxygen atoms in total. The smallest absolute Gasteiger partial charge is 0.137 e. The molecule has 1 aliphatic rings. The molecule has 0 amide bonds. The number of nitrogens with one attached hydrogen (secondary N) is 1. The monoisotopic (exact) mass is 267 g/mol. The summed E-state index contributed by atoms with van der Waals surface area (Å²) < 4.78 is 5.68. The summed E-state index contributed by atoms with van der Waals surface area (Å²) in [5.41, 5.74) is 1.16. The summed E-state index contributed by atoms with van der Waals surface area (Å²) in [4.78, 5) is 0. The molecule has 0 aliphatic heterocycles. The lowest BCUT2D eigenvalue weighted by Crippen LogP contribution is -2.27. The second-order valence-electron chi connectivity index (χ2n) is 5.07. The Kier molecular flexibility index (Phi) is 5.33. The highest BCUT2D eigenvalue weighted by Gasteiger charge is 2.13. The van der Waals surface area contributed by atoms with E-state index in [9.17, 15) is 0 Å². The molecule has 1 aliphatic carbocycles. The van der Waals surface area contributed by atoms with Gasteiger partial charge in [0.15, 0.2) is 0 Å².